The summed E-state index contributed by atoms with van der Waals surface area (Å²) < 4.78 is 29.8. The van der Waals surface area contributed by atoms with Crippen molar-refractivity contribution in [1.29, 1.82) is 0 Å². The molecule has 29 heavy (non-hydrogen) atoms. The minimum absolute atomic E-state index is 0.0700. The van der Waals surface area contributed by atoms with Crippen LogP contribution in [0.25, 0.3) is 0 Å². The van der Waals surface area contributed by atoms with Gasteiger partial charge < -0.3 is 5.73 Å². The van der Waals surface area contributed by atoms with Gasteiger partial charge in [-0.15, -0.1) is 0 Å². The molecule has 3 N–H and O–H groups in total. The van der Waals surface area contributed by atoms with Crippen LogP contribution in [0.3, 0.4) is 0 Å². The maximum Gasteiger partial charge on any atom is 0.272 e. The molecule has 7 heteroatoms. The van der Waals surface area contributed by atoms with Gasteiger partial charge in [-0.25, -0.2) is 0 Å². The molecule has 0 aromatic heterocycles. The smallest absolute Gasteiger partial charge is 0.272 e. The Bertz CT molecular complexity index is 512. The molecule has 0 saturated carbocycles. The van der Waals surface area contributed by atoms with E-state index in [2.05, 4.69) is 34.3 Å². The van der Waals surface area contributed by atoms with Gasteiger partial charge in [-0.05, 0) is 32.1 Å². The highest BCUT2D eigenvalue weighted by Gasteiger charge is 2.34. The van der Waals surface area contributed by atoms with Gasteiger partial charge in [0.1, 0.15) is 5.25 Å². The van der Waals surface area contributed by atoms with Gasteiger partial charge in [0, 0.05) is 12.8 Å². The van der Waals surface area contributed by atoms with Crippen LogP contribution in [0.4, 0.5) is 0 Å². The molecule has 1 amide bonds. The summed E-state index contributed by atoms with van der Waals surface area (Å²) in [6.07, 6.45) is 18.0. The van der Waals surface area contributed by atoms with E-state index in [0.29, 0.717) is 0 Å². The molecular formula is C22H47NO4PS+. The zero-order valence-electron chi connectivity index (χ0n) is 19.6. The minimum Gasteiger partial charge on any atom is -0.366 e. The summed E-state index contributed by atoms with van der Waals surface area (Å²) >= 11 is 0. The number of nitrogens with two attached hydrogens (primary N) is 1. The monoisotopic (exact) mass is 452 g/mol. The molecule has 0 saturated heterocycles. The number of amides is 1. The topological polar surface area (TPSA) is 97.5 Å². The maximum atomic E-state index is 10.6. The van der Waals surface area contributed by atoms with Gasteiger partial charge in [0.05, 0.1) is 24.6 Å². The van der Waals surface area contributed by atoms with E-state index in [1.54, 1.807) is 24.6 Å². The van der Waals surface area contributed by atoms with E-state index in [1.807, 2.05) is 0 Å². The molecule has 5 nitrogen and oxygen atoms in total. The Balaban J connectivity index is 0. The van der Waals surface area contributed by atoms with Crippen LogP contribution in [0.15, 0.2) is 12.2 Å². The largest absolute Gasteiger partial charge is 0.366 e. The molecule has 0 bridgehead atoms. The van der Waals surface area contributed by atoms with Crippen molar-refractivity contribution in [2.24, 2.45) is 5.73 Å². The summed E-state index contributed by atoms with van der Waals surface area (Å²) in [5, 5.41) is -1.28. The summed E-state index contributed by atoms with van der Waals surface area (Å²) in [7, 11) is -4.82. The molecule has 0 spiro atoms. The Morgan fingerprint density at radius 2 is 1.17 bits per heavy atom. The summed E-state index contributed by atoms with van der Waals surface area (Å²) in [5.74, 6) is -0.917. The van der Waals surface area contributed by atoms with Gasteiger partial charge in [-0.3, -0.25) is 9.35 Å². The number of rotatable bonds is 16. The number of carbonyl (C=O) groups excluding carboxylic acids is 1. The summed E-state index contributed by atoms with van der Waals surface area (Å²) in [4.78, 5) is 10.5. The van der Waals surface area contributed by atoms with Crippen LogP contribution in [-0.4, -0.2) is 48.8 Å². The molecule has 1 unspecified atom stereocenters. The third-order valence-electron chi connectivity index (χ3n) is 5.38. The highest BCUT2D eigenvalue weighted by molar-refractivity contribution is 7.86. The second kappa shape index (κ2) is 17.3. The zero-order chi connectivity index (χ0) is 22.9. The zero-order valence-corrected chi connectivity index (χ0v) is 21.3. The fraction of sp³-hybridized carbons (Fsp3) is 0.864. The van der Waals surface area contributed by atoms with Crippen LogP contribution in [0.2, 0.25) is 0 Å². The fourth-order valence-corrected chi connectivity index (χ4v) is 9.63. The molecule has 0 heterocycles. The first-order chi connectivity index (χ1) is 13.5. The van der Waals surface area contributed by atoms with E-state index in [-0.39, 0.29) is 12.0 Å². The lowest BCUT2D eigenvalue weighted by atomic mass is 10.1. The Morgan fingerprint density at radius 1 is 0.862 bits per heavy atom. The quantitative estimate of drug-likeness (QED) is 0.173. The molecule has 174 valence electrons. The van der Waals surface area contributed by atoms with Crippen LogP contribution in [0.1, 0.15) is 92.4 Å². The average Bonchev–Trinajstić information content (AvgIpc) is 2.66. The third kappa shape index (κ3) is 14.2. The van der Waals surface area contributed by atoms with E-state index < -0.39 is 28.5 Å². The van der Waals surface area contributed by atoms with Gasteiger partial charge >= 0.3 is 0 Å². The molecule has 1 atom stereocenters. The summed E-state index contributed by atoms with van der Waals surface area (Å²) in [6.45, 7) is 14.1. The molecule has 0 aromatic carbocycles. The van der Waals surface area contributed by atoms with Crippen LogP contribution < -0.4 is 5.73 Å². The SMILES string of the molecule is C=C(C(N)=O)C(CC)S(=O)(=O)O.CCCC[P+](CCCC)(CCCC)CCCC. The number of carbonyl (C=O) groups is 1. The van der Waals surface area contributed by atoms with Crippen LogP contribution in [0, 0.1) is 0 Å². The lowest BCUT2D eigenvalue weighted by molar-refractivity contribution is -0.114. The van der Waals surface area contributed by atoms with Crippen LogP contribution >= 0.6 is 7.26 Å². The average molecular weight is 453 g/mol. The minimum atomic E-state index is -4.26. The van der Waals surface area contributed by atoms with Gasteiger partial charge in [-0.1, -0.05) is 66.9 Å². The Hall–Kier alpha value is -0.450. The molecule has 0 radical (unpaired) electrons. The molecule has 0 aliphatic rings. The predicted molar refractivity (Wildman–Crippen MR) is 130 cm³/mol. The van der Waals surface area contributed by atoms with Gasteiger partial charge in [0.25, 0.3) is 10.1 Å². The Kier molecular flexibility index (Phi) is 18.3. The second-order valence-electron chi connectivity index (χ2n) is 7.95. The number of hydrogen-bond donors (Lipinski definition) is 2. The van der Waals surface area contributed by atoms with Gasteiger partial charge in [0.2, 0.25) is 5.91 Å². The van der Waals surface area contributed by atoms with E-state index >= 15 is 0 Å². The molecule has 0 fully saturated rings. The first-order valence-electron chi connectivity index (χ1n) is 11.3. The molecule has 0 aromatic rings. The van der Waals surface area contributed by atoms with Crippen molar-refractivity contribution in [1.82, 2.24) is 0 Å². The summed E-state index contributed by atoms with van der Waals surface area (Å²) in [6, 6.07) is 0. The van der Waals surface area contributed by atoms with E-state index in [4.69, 9.17) is 10.3 Å². The standard InChI is InChI=1S/C16H36P.C6H11NO4S/c1-5-9-13-17(14-10-6-2,15-11-7-3)16-12-8-4;1-3-5(12(9,10)11)4(2)6(7)8/h5-16H2,1-4H3;5H,2-3H2,1H3,(H2,7,8)(H,9,10,11)/q+1;. The lowest BCUT2D eigenvalue weighted by Gasteiger charge is -2.28. The van der Waals surface area contributed by atoms with E-state index in [9.17, 15) is 13.2 Å². The van der Waals surface area contributed by atoms with Crippen molar-refractivity contribution >= 4 is 23.3 Å². The number of primary amides is 1. The molecule has 0 rings (SSSR count). The fourth-order valence-electron chi connectivity index (χ4n) is 3.44. The first kappa shape index (κ1) is 30.7. The van der Waals surface area contributed by atoms with Crippen molar-refractivity contribution in [3.63, 3.8) is 0 Å². The Morgan fingerprint density at radius 3 is 1.31 bits per heavy atom. The summed E-state index contributed by atoms with van der Waals surface area (Å²) in [5.41, 5.74) is 4.50. The highest BCUT2D eigenvalue weighted by Crippen LogP contribution is 2.61. The molecular weight excluding hydrogens is 405 g/mol. The normalized spacial score (nSPS) is 12.8. The van der Waals surface area contributed by atoms with Crippen molar-refractivity contribution in [2.45, 2.75) is 97.7 Å². The Labute approximate surface area is 181 Å². The van der Waals surface area contributed by atoms with Crippen molar-refractivity contribution in [3.05, 3.63) is 12.2 Å². The second-order valence-corrected chi connectivity index (χ2v) is 14.0. The van der Waals surface area contributed by atoms with Gasteiger partial charge in [0.15, 0.2) is 0 Å². The maximum absolute atomic E-state index is 10.6. The molecule has 0 aliphatic carbocycles. The first-order valence-corrected chi connectivity index (χ1v) is 15.4. The van der Waals surface area contributed by atoms with E-state index in [0.717, 1.165) is 0 Å². The predicted octanol–water partition coefficient (Wildman–Crippen LogP) is 5.90. The number of unbranched alkanes of at least 4 members (excludes halogenated alkanes) is 4. The number of hydrogen-bond acceptors (Lipinski definition) is 3. The van der Waals surface area contributed by atoms with Crippen molar-refractivity contribution < 1.29 is 17.8 Å². The van der Waals surface area contributed by atoms with Gasteiger partial charge in [-0.2, -0.15) is 8.42 Å². The third-order valence-corrected chi connectivity index (χ3v) is 11.8. The molecule has 0 aliphatic heterocycles. The van der Waals surface area contributed by atoms with E-state index in [1.165, 1.54) is 58.3 Å². The van der Waals surface area contributed by atoms with Crippen LogP contribution in [0.5, 0.6) is 0 Å². The van der Waals surface area contributed by atoms with Crippen LogP contribution in [-0.2, 0) is 14.9 Å². The van der Waals surface area contributed by atoms with Crippen molar-refractivity contribution in [3.8, 4) is 0 Å². The lowest BCUT2D eigenvalue weighted by Crippen LogP contribution is -2.29. The highest BCUT2D eigenvalue weighted by atomic mass is 32.2. The van der Waals surface area contributed by atoms with Crippen molar-refractivity contribution in [2.75, 3.05) is 24.6 Å².